The molecule has 2 aromatic heterocycles. The number of amides is 1. The first-order valence-corrected chi connectivity index (χ1v) is 10.8. The number of carbonyl (C=O) groups is 1. The number of hydrogen-bond donors (Lipinski definition) is 0. The Morgan fingerprint density at radius 1 is 1.12 bits per heavy atom. The van der Waals surface area contributed by atoms with Crippen LogP contribution in [0.4, 0.5) is 0 Å². The first-order valence-electron chi connectivity index (χ1n) is 10.8. The van der Waals surface area contributed by atoms with Crippen molar-refractivity contribution in [1.29, 1.82) is 0 Å². The van der Waals surface area contributed by atoms with Crippen LogP contribution in [0.25, 0.3) is 21.8 Å². The van der Waals surface area contributed by atoms with Crippen LogP contribution in [0.1, 0.15) is 35.2 Å². The fraction of sp³-hybridized carbons (Fsp3) is 0.333. The van der Waals surface area contributed by atoms with E-state index in [2.05, 4.69) is 5.10 Å². The number of aromatic nitrogens is 4. The second-order valence-corrected chi connectivity index (χ2v) is 8.08. The van der Waals surface area contributed by atoms with Crippen molar-refractivity contribution in [2.24, 2.45) is 7.05 Å². The molecule has 0 spiro atoms. The maximum absolute atomic E-state index is 13.6. The van der Waals surface area contributed by atoms with Crippen LogP contribution in [0.3, 0.4) is 0 Å². The average molecular weight is 431 g/mol. The molecule has 1 amide bonds. The molecule has 1 atom stereocenters. The highest BCUT2D eigenvalue weighted by Gasteiger charge is 2.35. The van der Waals surface area contributed by atoms with Gasteiger partial charge in [-0.1, -0.05) is 30.3 Å². The minimum atomic E-state index is -0.294. The summed E-state index contributed by atoms with van der Waals surface area (Å²) < 4.78 is 8.64. The van der Waals surface area contributed by atoms with Gasteiger partial charge in [-0.25, -0.2) is 4.98 Å². The molecule has 1 saturated heterocycles. The normalized spacial score (nSPS) is 16.3. The first kappa shape index (κ1) is 20.4. The number of ether oxygens (including phenoxy) is 1. The number of para-hydroxylation sites is 2. The summed E-state index contributed by atoms with van der Waals surface area (Å²) in [5.74, 6) is 0.474. The number of rotatable bonds is 5. The summed E-state index contributed by atoms with van der Waals surface area (Å²) in [6.45, 7) is 1.37. The van der Waals surface area contributed by atoms with Crippen LogP contribution in [0.5, 0.6) is 0 Å². The van der Waals surface area contributed by atoms with Crippen molar-refractivity contribution in [2.45, 2.75) is 25.4 Å². The van der Waals surface area contributed by atoms with Crippen LogP contribution in [0.15, 0.2) is 53.3 Å². The molecule has 1 aliphatic heterocycles. The van der Waals surface area contributed by atoms with Crippen LogP contribution < -0.4 is 5.56 Å². The van der Waals surface area contributed by atoms with Crippen LogP contribution in [-0.2, 0) is 18.3 Å². The van der Waals surface area contributed by atoms with E-state index in [9.17, 15) is 9.59 Å². The third kappa shape index (κ3) is 3.27. The van der Waals surface area contributed by atoms with Crippen molar-refractivity contribution in [3.8, 4) is 0 Å². The highest BCUT2D eigenvalue weighted by atomic mass is 16.5. The zero-order valence-electron chi connectivity index (χ0n) is 18.2. The van der Waals surface area contributed by atoms with Crippen LogP contribution in [-0.4, -0.2) is 50.4 Å². The number of benzene rings is 2. The topological polar surface area (TPSA) is 82.2 Å². The molecular weight excluding hydrogens is 406 g/mol. The Kier molecular flexibility index (Phi) is 5.22. The summed E-state index contributed by atoms with van der Waals surface area (Å²) >= 11 is 0. The van der Waals surface area contributed by atoms with E-state index < -0.39 is 0 Å². The molecule has 32 heavy (non-hydrogen) atoms. The fourth-order valence-electron chi connectivity index (χ4n) is 4.62. The largest absolute Gasteiger partial charge is 0.383 e. The van der Waals surface area contributed by atoms with Gasteiger partial charge in [-0.15, -0.1) is 0 Å². The van der Waals surface area contributed by atoms with Gasteiger partial charge in [-0.3, -0.25) is 18.8 Å². The number of carbonyl (C=O) groups excluding carboxylic acids is 1. The lowest BCUT2D eigenvalue weighted by Gasteiger charge is -2.26. The Hall–Kier alpha value is -3.52. The molecule has 8 nitrogen and oxygen atoms in total. The minimum Gasteiger partial charge on any atom is -0.383 e. The van der Waals surface area contributed by atoms with Gasteiger partial charge in [-0.2, -0.15) is 5.10 Å². The number of nitrogens with zero attached hydrogens (tertiary/aromatic N) is 5. The lowest BCUT2D eigenvalue weighted by Crippen LogP contribution is -2.36. The van der Waals surface area contributed by atoms with Gasteiger partial charge in [0.15, 0.2) is 5.69 Å². The molecule has 0 bridgehead atoms. The quantitative estimate of drug-likeness (QED) is 0.485. The summed E-state index contributed by atoms with van der Waals surface area (Å²) in [6.07, 6.45) is 1.59. The van der Waals surface area contributed by atoms with Crippen molar-refractivity contribution in [2.75, 3.05) is 20.3 Å². The van der Waals surface area contributed by atoms with Crippen molar-refractivity contribution in [3.63, 3.8) is 0 Å². The van der Waals surface area contributed by atoms with E-state index in [1.54, 1.807) is 22.4 Å². The van der Waals surface area contributed by atoms with Gasteiger partial charge in [0.2, 0.25) is 0 Å². The molecule has 1 fully saturated rings. The minimum absolute atomic E-state index is 0.106. The zero-order chi connectivity index (χ0) is 22.2. The Balaban J connectivity index is 1.61. The van der Waals surface area contributed by atoms with E-state index in [-0.39, 0.29) is 17.5 Å². The highest BCUT2D eigenvalue weighted by Crippen LogP contribution is 2.33. The fourth-order valence-corrected chi connectivity index (χ4v) is 4.62. The van der Waals surface area contributed by atoms with Gasteiger partial charge in [0.1, 0.15) is 5.82 Å². The molecule has 3 heterocycles. The predicted octanol–water partition coefficient (Wildman–Crippen LogP) is 2.91. The van der Waals surface area contributed by atoms with E-state index in [4.69, 9.17) is 9.72 Å². The van der Waals surface area contributed by atoms with E-state index in [0.29, 0.717) is 42.1 Å². The molecule has 0 saturated carbocycles. The Bertz CT molecular complexity index is 1370. The van der Waals surface area contributed by atoms with Gasteiger partial charge in [-0.05, 0) is 31.0 Å². The summed E-state index contributed by atoms with van der Waals surface area (Å²) in [5.41, 5.74) is 1.88. The molecular formula is C24H25N5O3. The van der Waals surface area contributed by atoms with Gasteiger partial charge in [0, 0.05) is 26.1 Å². The molecule has 8 heteroatoms. The highest BCUT2D eigenvalue weighted by molar-refractivity contribution is 6.05. The molecule has 1 unspecified atom stereocenters. The molecule has 164 valence electrons. The smallest absolute Gasteiger partial charge is 0.275 e. The third-order valence-corrected chi connectivity index (χ3v) is 6.18. The molecule has 2 aromatic carbocycles. The standard InChI is InChI=1S/C24H25N5O3/c1-27-19-11-6-4-9-17(19)21(26-27)24(31)28-13-7-12-20(28)22-25-18-10-5-3-8-16(18)23(30)29(22)14-15-32-2/h3-6,8-11,20H,7,12-15H2,1-2H3. The maximum Gasteiger partial charge on any atom is 0.275 e. The summed E-state index contributed by atoms with van der Waals surface area (Å²) in [6, 6.07) is 14.8. The number of likely N-dealkylation sites (tertiary alicyclic amines) is 1. The van der Waals surface area contributed by atoms with Crippen molar-refractivity contribution in [1.82, 2.24) is 24.2 Å². The summed E-state index contributed by atoms with van der Waals surface area (Å²) in [4.78, 5) is 33.6. The van der Waals surface area contributed by atoms with E-state index in [0.717, 1.165) is 23.7 Å². The SMILES string of the molecule is COCCn1c(C2CCCN2C(=O)c2nn(C)c3ccccc23)nc2ccccc2c1=O. The molecule has 1 aliphatic rings. The molecule has 0 N–H and O–H groups in total. The molecule has 0 radical (unpaired) electrons. The third-order valence-electron chi connectivity index (χ3n) is 6.18. The monoisotopic (exact) mass is 431 g/mol. The van der Waals surface area contributed by atoms with Crippen molar-refractivity contribution < 1.29 is 9.53 Å². The second-order valence-electron chi connectivity index (χ2n) is 8.08. The zero-order valence-corrected chi connectivity index (χ0v) is 18.2. The number of aryl methyl sites for hydroxylation is 1. The number of fused-ring (bicyclic) bond motifs is 2. The Morgan fingerprint density at radius 3 is 2.69 bits per heavy atom. The van der Waals surface area contributed by atoms with Gasteiger partial charge < -0.3 is 9.64 Å². The Labute approximate surface area is 185 Å². The van der Waals surface area contributed by atoms with E-state index in [1.807, 2.05) is 54.4 Å². The second kappa shape index (κ2) is 8.20. The van der Waals surface area contributed by atoms with Crippen molar-refractivity contribution >= 4 is 27.7 Å². The van der Waals surface area contributed by atoms with Crippen molar-refractivity contribution in [3.05, 3.63) is 70.4 Å². The van der Waals surface area contributed by atoms with Gasteiger partial charge >= 0.3 is 0 Å². The lowest BCUT2D eigenvalue weighted by molar-refractivity contribution is 0.0720. The van der Waals surface area contributed by atoms with Crippen LogP contribution >= 0.6 is 0 Å². The van der Waals surface area contributed by atoms with E-state index >= 15 is 0 Å². The average Bonchev–Trinajstić information content (AvgIpc) is 3.43. The van der Waals surface area contributed by atoms with Crippen LogP contribution in [0.2, 0.25) is 0 Å². The molecule has 5 rings (SSSR count). The van der Waals surface area contributed by atoms with Gasteiger partial charge in [0.25, 0.3) is 11.5 Å². The predicted molar refractivity (Wildman–Crippen MR) is 122 cm³/mol. The Morgan fingerprint density at radius 2 is 1.88 bits per heavy atom. The number of methoxy groups -OCH3 is 1. The molecule has 0 aliphatic carbocycles. The lowest BCUT2D eigenvalue weighted by atomic mass is 10.1. The summed E-state index contributed by atoms with van der Waals surface area (Å²) in [5, 5.41) is 5.91. The van der Waals surface area contributed by atoms with Gasteiger partial charge in [0.05, 0.1) is 35.6 Å². The molecule has 4 aromatic rings. The summed E-state index contributed by atoms with van der Waals surface area (Å²) in [7, 11) is 3.45. The first-order chi connectivity index (χ1) is 15.6. The number of hydrogen-bond acceptors (Lipinski definition) is 5. The van der Waals surface area contributed by atoms with E-state index in [1.165, 1.54) is 0 Å². The van der Waals surface area contributed by atoms with Crippen LogP contribution in [0, 0.1) is 0 Å². The maximum atomic E-state index is 13.6.